The highest BCUT2D eigenvalue weighted by Crippen LogP contribution is 2.25. The van der Waals surface area contributed by atoms with E-state index in [1.165, 1.54) is 5.56 Å². The van der Waals surface area contributed by atoms with Crippen molar-refractivity contribution in [1.82, 2.24) is 9.80 Å². The van der Waals surface area contributed by atoms with E-state index < -0.39 is 12.1 Å². The first-order valence-electron chi connectivity index (χ1n) is 10.3. The summed E-state index contributed by atoms with van der Waals surface area (Å²) in [6, 6.07) is 10.5. The van der Waals surface area contributed by atoms with Crippen molar-refractivity contribution in [2.45, 2.75) is 44.0 Å². The molecule has 2 fully saturated rings. The molecule has 7 nitrogen and oxygen atoms in total. The summed E-state index contributed by atoms with van der Waals surface area (Å²) in [4.78, 5) is 25.4. The molecule has 0 aromatic heterocycles. The lowest BCUT2D eigenvalue weighted by molar-refractivity contribution is -0.192. The van der Waals surface area contributed by atoms with Crippen LogP contribution in [0.2, 0.25) is 0 Å². The van der Waals surface area contributed by atoms with Crippen molar-refractivity contribution in [3.05, 3.63) is 35.9 Å². The molecule has 1 saturated carbocycles. The Labute approximate surface area is 179 Å². The van der Waals surface area contributed by atoms with Crippen molar-refractivity contribution in [1.29, 1.82) is 0 Å². The molecule has 10 heteroatoms. The lowest BCUT2D eigenvalue weighted by Crippen LogP contribution is -2.54. The number of aliphatic carboxylic acids is 1. The molecule has 2 aliphatic rings. The zero-order valence-corrected chi connectivity index (χ0v) is 17.3. The van der Waals surface area contributed by atoms with Gasteiger partial charge in [-0.15, -0.1) is 0 Å². The molecule has 1 aromatic carbocycles. The summed E-state index contributed by atoms with van der Waals surface area (Å²) in [5, 5.41) is 17.1. The summed E-state index contributed by atoms with van der Waals surface area (Å²) in [5.41, 5.74) is 1.23. The largest absolute Gasteiger partial charge is 0.490 e. The number of carbonyl (C=O) groups is 2. The number of ether oxygens (including phenoxy) is 1. The van der Waals surface area contributed by atoms with Crippen molar-refractivity contribution in [3.63, 3.8) is 0 Å². The number of amides is 1. The SMILES string of the molecule is O=C(COCCc1ccccc1)N1CCN(C2CCCC2O)CC1.O=C(O)C(F)(F)F. The van der Waals surface area contributed by atoms with Gasteiger partial charge in [-0.3, -0.25) is 9.69 Å². The fourth-order valence-electron chi connectivity index (χ4n) is 3.74. The second-order valence-corrected chi connectivity index (χ2v) is 7.57. The van der Waals surface area contributed by atoms with Crippen molar-refractivity contribution in [2.24, 2.45) is 0 Å². The zero-order chi connectivity index (χ0) is 22.9. The molecule has 1 aliphatic heterocycles. The van der Waals surface area contributed by atoms with E-state index in [1.807, 2.05) is 23.1 Å². The Morgan fingerprint density at radius 2 is 1.68 bits per heavy atom. The number of hydrogen-bond acceptors (Lipinski definition) is 5. The summed E-state index contributed by atoms with van der Waals surface area (Å²) in [6.07, 6.45) is -1.33. The number of halogens is 3. The predicted molar refractivity (Wildman–Crippen MR) is 106 cm³/mol. The van der Waals surface area contributed by atoms with Gasteiger partial charge in [0.1, 0.15) is 6.61 Å². The Hall–Kier alpha value is -2.17. The molecule has 0 radical (unpaired) electrons. The number of rotatable bonds is 6. The van der Waals surface area contributed by atoms with Crippen LogP contribution in [0.1, 0.15) is 24.8 Å². The van der Waals surface area contributed by atoms with Gasteiger partial charge in [-0.05, 0) is 31.2 Å². The first-order valence-corrected chi connectivity index (χ1v) is 10.3. The van der Waals surface area contributed by atoms with Crippen LogP contribution in [-0.2, 0) is 20.7 Å². The van der Waals surface area contributed by atoms with E-state index in [4.69, 9.17) is 14.6 Å². The second kappa shape index (κ2) is 12.0. The third-order valence-electron chi connectivity index (χ3n) is 5.43. The summed E-state index contributed by atoms with van der Waals surface area (Å²) in [7, 11) is 0. The average Bonchev–Trinajstić information content (AvgIpc) is 3.17. The predicted octanol–water partition coefficient (Wildman–Crippen LogP) is 1.94. The van der Waals surface area contributed by atoms with Crippen LogP contribution in [-0.4, -0.2) is 89.6 Å². The van der Waals surface area contributed by atoms with Crippen LogP contribution in [0.3, 0.4) is 0 Å². The molecule has 174 valence electrons. The Morgan fingerprint density at radius 1 is 1.06 bits per heavy atom. The molecule has 2 atom stereocenters. The number of benzene rings is 1. The average molecular weight is 446 g/mol. The molecule has 1 aliphatic carbocycles. The minimum Gasteiger partial charge on any atom is -0.475 e. The molecule has 2 N–H and O–H groups in total. The van der Waals surface area contributed by atoms with Crippen molar-refractivity contribution in [2.75, 3.05) is 39.4 Å². The number of carbonyl (C=O) groups excluding carboxylic acids is 1. The quantitative estimate of drug-likeness (QED) is 0.650. The van der Waals surface area contributed by atoms with Gasteiger partial charge in [0.2, 0.25) is 5.91 Å². The van der Waals surface area contributed by atoms with Gasteiger partial charge < -0.3 is 19.8 Å². The van der Waals surface area contributed by atoms with E-state index >= 15 is 0 Å². The van der Waals surface area contributed by atoms with Crippen LogP contribution in [0.15, 0.2) is 30.3 Å². The second-order valence-electron chi connectivity index (χ2n) is 7.57. The number of carboxylic acids is 1. The molecule has 1 aromatic rings. The van der Waals surface area contributed by atoms with E-state index in [0.717, 1.165) is 51.9 Å². The minimum absolute atomic E-state index is 0.0784. The number of alkyl halides is 3. The topological polar surface area (TPSA) is 90.3 Å². The zero-order valence-electron chi connectivity index (χ0n) is 17.3. The van der Waals surface area contributed by atoms with E-state index in [-0.39, 0.29) is 18.6 Å². The fourth-order valence-corrected chi connectivity index (χ4v) is 3.74. The van der Waals surface area contributed by atoms with Crippen LogP contribution >= 0.6 is 0 Å². The van der Waals surface area contributed by atoms with E-state index in [9.17, 15) is 23.1 Å². The monoisotopic (exact) mass is 446 g/mol. The van der Waals surface area contributed by atoms with E-state index in [0.29, 0.717) is 12.6 Å². The Balaban J connectivity index is 0.000000423. The Morgan fingerprint density at radius 3 is 2.19 bits per heavy atom. The molecule has 1 amide bonds. The maximum absolute atomic E-state index is 12.2. The molecule has 3 rings (SSSR count). The third-order valence-corrected chi connectivity index (χ3v) is 5.43. The number of nitrogens with zero attached hydrogens (tertiary/aromatic N) is 2. The molecule has 1 heterocycles. The van der Waals surface area contributed by atoms with Crippen LogP contribution in [0.5, 0.6) is 0 Å². The highest BCUT2D eigenvalue weighted by molar-refractivity contribution is 5.77. The first kappa shape index (κ1) is 25.1. The van der Waals surface area contributed by atoms with Gasteiger partial charge >= 0.3 is 12.1 Å². The highest BCUT2D eigenvalue weighted by atomic mass is 19.4. The van der Waals surface area contributed by atoms with Gasteiger partial charge in [0.25, 0.3) is 0 Å². The smallest absolute Gasteiger partial charge is 0.475 e. The molecular formula is C21H29F3N2O5. The summed E-state index contributed by atoms with van der Waals surface area (Å²) in [5.74, 6) is -2.68. The summed E-state index contributed by atoms with van der Waals surface area (Å²) < 4.78 is 37.3. The number of aliphatic hydroxyl groups is 1. The lowest BCUT2D eigenvalue weighted by Gasteiger charge is -2.39. The standard InChI is InChI=1S/C19H28N2O3.C2HF3O2/c22-18-8-4-7-17(18)20-10-12-21(13-11-20)19(23)15-24-14-9-16-5-2-1-3-6-16;3-2(4,5)1(6)7/h1-3,5-6,17-18,22H,4,7-15H2;(H,6,7). The molecular weight excluding hydrogens is 417 g/mol. The minimum atomic E-state index is -5.08. The van der Waals surface area contributed by atoms with Crippen molar-refractivity contribution >= 4 is 11.9 Å². The number of aliphatic hydroxyl groups excluding tert-OH is 1. The van der Waals surface area contributed by atoms with Gasteiger partial charge in [0, 0.05) is 32.2 Å². The lowest BCUT2D eigenvalue weighted by atomic mass is 10.1. The van der Waals surface area contributed by atoms with Gasteiger partial charge in [0.15, 0.2) is 0 Å². The van der Waals surface area contributed by atoms with Gasteiger partial charge in [0.05, 0.1) is 12.7 Å². The maximum Gasteiger partial charge on any atom is 0.490 e. The maximum atomic E-state index is 12.2. The van der Waals surface area contributed by atoms with Crippen LogP contribution in [0.4, 0.5) is 13.2 Å². The first-order chi connectivity index (χ1) is 14.7. The third kappa shape index (κ3) is 8.47. The molecule has 2 unspecified atom stereocenters. The number of carboxylic acid groups (broad SMARTS) is 1. The van der Waals surface area contributed by atoms with Crippen LogP contribution in [0.25, 0.3) is 0 Å². The summed E-state index contributed by atoms with van der Waals surface area (Å²) in [6.45, 7) is 3.94. The van der Waals surface area contributed by atoms with Gasteiger partial charge in [-0.25, -0.2) is 4.79 Å². The van der Waals surface area contributed by atoms with E-state index in [1.54, 1.807) is 0 Å². The summed E-state index contributed by atoms with van der Waals surface area (Å²) >= 11 is 0. The number of piperazine rings is 1. The number of hydrogen-bond donors (Lipinski definition) is 2. The molecule has 0 bridgehead atoms. The normalized spacial score (nSPS) is 22.0. The van der Waals surface area contributed by atoms with Crippen LogP contribution in [0, 0.1) is 0 Å². The van der Waals surface area contributed by atoms with Gasteiger partial charge in [-0.1, -0.05) is 30.3 Å². The highest BCUT2D eigenvalue weighted by Gasteiger charge is 2.38. The Bertz CT molecular complexity index is 694. The van der Waals surface area contributed by atoms with Gasteiger partial charge in [-0.2, -0.15) is 13.2 Å². The molecule has 0 spiro atoms. The fraction of sp³-hybridized carbons (Fsp3) is 0.619. The van der Waals surface area contributed by atoms with Crippen LogP contribution < -0.4 is 0 Å². The van der Waals surface area contributed by atoms with Crippen molar-refractivity contribution in [3.8, 4) is 0 Å². The van der Waals surface area contributed by atoms with E-state index in [2.05, 4.69) is 17.0 Å². The van der Waals surface area contributed by atoms with Crippen molar-refractivity contribution < 1.29 is 37.7 Å². The molecule has 31 heavy (non-hydrogen) atoms. The molecule has 1 saturated heterocycles. The Kier molecular flexibility index (Phi) is 9.73.